The number of methoxy groups -OCH3 is 2. The first kappa shape index (κ1) is 16.4. The summed E-state index contributed by atoms with van der Waals surface area (Å²) in [6.07, 6.45) is 3.00. The second-order valence-electron chi connectivity index (χ2n) is 4.79. The molecule has 0 aliphatic carbocycles. The number of azo groups is 1. The van der Waals surface area contributed by atoms with Gasteiger partial charge in [-0.1, -0.05) is 24.3 Å². The Morgan fingerprint density at radius 2 is 1.78 bits per heavy atom. The van der Waals surface area contributed by atoms with E-state index in [1.807, 2.05) is 49.4 Å². The molecule has 0 heterocycles. The van der Waals surface area contributed by atoms with Gasteiger partial charge in [0.2, 0.25) is 0 Å². The molecule has 2 rings (SSSR count). The summed E-state index contributed by atoms with van der Waals surface area (Å²) in [5.41, 5.74) is 3.14. The van der Waals surface area contributed by atoms with E-state index in [9.17, 15) is 4.79 Å². The summed E-state index contributed by atoms with van der Waals surface area (Å²) in [4.78, 5) is 11.2. The maximum atomic E-state index is 11.2. The molecule has 0 aromatic heterocycles. The third-order valence-electron chi connectivity index (χ3n) is 3.14. The largest absolute Gasteiger partial charge is 0.494 e. The van der Waals surface area contributed by atoms with Crippen LogP contribution in [0, 0.1) is 6.92 Å². The lowest BCUT2D eigenvalue weighted by Gasteiger charge is -2.04. The van der Waals surface area contributed by atoms with Gasteiger partial charge in [-0.25, -0.2) is 4.79 Å². The second-order valence-corrected chi connectivity index (χ2v) is 4.79. The van der Waals surface area contributed by atoms with Gasteiger partial charge in [-0.3, -0.25) is 0 Å². The number of hydrogen-bond donors (Lipinski definition) is 0. The Kier molecular flexibility index (Phi) is 5.63. The van der Waals surface area contributed by atoms with E-state index in [2.05, 4.69) is 15.0 Å². The minimum atomic E-state index is -0.419. The first-order chi connectivity index (χ1) is 11.1. The Bertz CT molecular complexity index is 752. The number of hydrogen-bond acceptors (Lipinski definition) is 5. The van der Waals surface area contributed by atoms with Gasteiger partial charge in [-0.05, 0) is 36.8 Å². The van der Waals surface area contributed by atoms with Crippen LogP contribution in [0.2, 0.25) is 0 Å². The maximum absolute atomic E-state index is 11.2. The fraction of sp³-hybridized carbons (Fsp3) is 0.167. The van der Waals surface area contributed by atoms with Gasteiger partial charge in [0.1, 0.15) is 11.4 Å². The van der Waals surface area contributed by atoms with Crippen molar-refractivity contribution in [2.75, 3.05) is 14.2 Å². The van der Waals surface area contributed by atoms with Gasteiger partial charge in [0.25, 0.3) is 0 Å². The summed E-state index contributed by atoms with van der Waals surface area (Å²) in [5, 5.41) is 8.54. The highest BCUT2D eigenvalue weighted by atomic mass is 16.5. The van der Waals surface area contributed by atoms with Crippen molar-refractivity contribution in [2.24, 2.45) is 10.2 Å². The molecule has 0 aliphatic rings. The van der Waals surface area contributed by atoms with E-state index < -0.39 is 5.97 Å². The third-order valence-corrected chi connectivity index (χ3v) is 3.14. The molecule has 0 unspecified atom stereocenters. The van der Waals surface area contributed by atoms with Crippen LogP contribution in [0.25, 0.3) is 6.08 Å². The lowest BCUT2D eigenvalue weighted by molar-refractivity contribution is -0.134. The van der Waals surface area contributed by atoms with Crippen molar-refractivity contribution < 1.29 is 14.3 Å². The highest BCUT2D eigenvalue weighted by Crippen LogP contribution is 2.30. The zero-order valence-corrected chi connectivity index (χ0v) is 13.3. The molecule has 0 bridgehead atoms. The van der Waals surface area contributed by atoms with Crippen molar-refractivity contribution in [1.29, 1.82) is 0 Å². The van der Waals surface area contributed by atoms with E-state index in [0.29, 0.717) is 17.1 Å². The van der Waals surface area contributed by atoms with Crippen molar-refractivity contribution in [3.63, 3.8) is 0 Å². The Labute approximate surface area is 135 Å². The number of carbonyl (C=O) groups is 1. The number of aryl methyl sites for hydroxylation is 1. The number of nitrogens with zero attached hydrogens (tertiary/aromatic N) is 2. The lowest BCUT2D eigenvalue weighted by atomic mass is 10.1. The molecule has 0 spiro atoms. The molecular formula is C18H18N2O3. The maximum Gasteiger partial charge on any atom is 0.330 e. The molecule has 0 radical (unpaired) electrons. The quantitative estimate of drug-likeness (QED) is 0.460. The van der Waals surface area contributed by atoms with Crippen molar-refractivity contribution in [2.45, 2.75) is 6.92 Å². The van der Waals surface area contributed by atoms with Crippen LogP contribution in [-0.2, 0) is 9.53 Å². The monoisotopic (exact) mass is 310 g/mol. The fourth-order valence-electron chi connectivity index (χ4n) is 1.93. The molecule has 0 fully saturated rings. The lowest BCUT2D eigenvalue weighted by Crippen LogP contribution is -1.93. The van der Waals surface area contributed by atoms with Crippen LogP contribution in [0.1, 0.15) is 11.1 Å². The molecule has 0 N–H and O–H groups in total. The average molecular weight is 310 g/mol. The molecule has 5 heteroatoms. The molecule has 23 heavy (non-hydrogen) atoms. The van der Waals surface area contributed by atoms with Crippen molar-refractivity contribution in [3.8, 4) is 5.75 Å². The van der Waals surface area contributed by atoms with Crippen molar-refractivity contribution >= 4 is 23.4 Å². The summed E-state index contributed by atoms with van der Waals surface area (Å²) in [6, 6.07) is 13.1. The van der Waals surface area contributed by atoms with E-state index in [1.165, 1.54) is 13.2 Å². The molecule has 0 atom stereocenters. The summed E-state index contributed by atoms with van der Waals surface area (Å²) >= 11 is 0. The molecule has 2 aromatic carbocycles. The smallest absolute Gasteiger partial charge is 0.330 e. The highest BCUT2D eigenvalue weighted by molar-refractivity contribution is 5.88. The number of esters is 1. The molecule has 118 valence electrons. The first-order valence-electron chi connectivity index (χ1n) is 7.05. The van der Waals surface area contributed by atoms with Gasteiger partial charge in [-0.2, -0.15) is 0 Å². The number of benzene rings is 2. The summed E-state index contributed by atoms with van der Waals surface area (Å²) in [6.45, 7) is 1.98. The van der Waals surface area contributed by atoms with Gasteiger partial charge in [-0.15, -0.1) is 10.2 Å². The van der Waals surface area contributed by atoms with Gasteiger partial charge < -0.3 is 9.47 Å². The molecular weight excluding hydrogens is 292 g/mol. The van der Waals surface area contributed by atoms with Crippen LogP contribution >= 0.6 is 0 Å². The number of carbonyl (C=O) groups excluding carboxylic acids is 1. The topological polar surface area (TPSA) is 60.2 Å². The van der Waals surface area contributed by atoms with E-state index in [0.717, 1.165) is 11.1 Å². The highest BCUT2D eigenvalue weighted by Gasteiger charge is 2.03. The predicted octanol–water partition coefficient (Wildman–Crippen LogP) is 4.61. The van der Waals surface area contributed by atoms with Crippen LogP contribution in [0.3, 0.4) is 0 Å². The second kappa shape index (κ2) is 7.89. The molecule has 2 aromatic rings. The zero-order valence-electron chi connectivity index (χ0n) is 13.3. The Hall–Kier alpha value is -2.95. The summed E-state index contributed by atoms with van der Waals surface area (Å²) < 4.78 is 9.87. The molecule has 0 saturated carbocycles. The molecule has 5 nitrogen and oxygen atoms in total. The molecule has 0 aliphatic heterocycles. The van der Waals surface area contributed by atoms with Crippen LogP contribution in [0.5, 0.6) is 5.75 Å². The van der Waals surface area contributed by atoms with Gasteiger partial charge in [0.15, 0.2) is 0 Å². The zero-order chi connectivity index (χ0) is 16.7. The molecule has 0 amide bonds. The van der Waals surface area contributed by atoms with Crippen molar-refractivity contribution in [1.82, 2.24) is 0 Å². The Morgan fingerprint density at radius 3 is 2.52 bits per heavy atom. The number of ether oxygens (including phenoxy) is 2. The van der Waals surface area contributed by atoms with Gasteiger partial charge >= 0.3 is 5.97 Å². The van der Waals surface area contributed by atoms with Crippen LogP contribution in [-0.4, -0.2) is 20.2 Å². The Morgan fingerprint density at radius 1 is 1.04 bits per heavy atom. The minimum absolute atomic E-state index is 0.419. The van der Waals surface area contributed by atoms with Crippen LogP contribution in [0.4, 0.5) is 11.4 Å². The Balaban J connectivity index is 2.32. The average Bonchev–Trinajstić information content (AvgIpc) is 2.58. The van der Waals surface area contributed by atoms with E-state index >= 15 is 0 Å². The predicted molar refractivity (Wildman–Crippen MR) is 89.4 cm³/mol. The third kappa shape index (κ3) is 4.51. The summed E-state index contributed by atoms with van der Waals surface area (Å²) in [7, 11) is 2.93. The SMILES string of the molecule is COC(=O)/C=C/c1ccccc1N=Nc1cc(C)ccc1OC. The number of rotatable bonds is 5. The first-order valence-corrected chi connectivity index (χ1v) is 7.05. The normalized spacial score (nSPS) is 11.1. The fourth-order valence-corrected chi connectivity index (χ4v) is 1.93. The van der Waals surface area contributed by atoms with E-state index in [1.54, 1.807) is 13.2 Å². The minimum Gasteiger partial charge on any atom is -0.494 e. The van der Waals surface area contributed by atoms with Crippen LogP contribution < -0.4 is 4.74 Å². The van der Waals surface area contributed by atoms with Crippen molar-refractivity contribution in [3.05, 3.63) is 59.7 Å². The van der Waals surface area contributed by atoms with Gasteiger partial charge in [0.05, 0.1) is 19.9 Å². The van der Waals surface area contributed by atoms with Gasteiger partial charge in [0, 0.05) is 11.6 Å². The van der Waals surface area contributed by atoms with E-state index in [4.69, 9.17) is 4.74 Å². The van der Waals surface area contributed by atoms with Crippen LogP contribution in [0.15, 0.2) is 58.8 Å². The van der Waals surface area contributed by atoms with E-state index in [-0.39, 0.29) is 0 Å². The standard InChI is InChI=1S/C18H18N2O3/c1-13-8-10-17(22-2)16(12-13)20-19-15-7-5-4-6-14(15)9-11-18(21)23-3/h4-12H,1-3H3/b11-9+,20-19?. The summed E-state index contributed by atoms with van der Waals surface area (Å²) in [5.74, 6) is 0.235. The molecule has 0 saturated heterocycles.